The second-order valence-corrected chi connectivity index (χ2v) is 13.4. The highest BCUT2D eigenvalue weighted by atomic mass is 32.1. The predicted molar refractivity (Wildman–Crippen MR) is 179 cm³/mol. The van der Waals surface area contributed by atoms with Crippen LogP contribution in [0.25, 0.3) is 11.0 Å². The van der Waals surface area contributed by atoms with E-state index < -0.39 is 23.9 Å². The Kier molecular flexibility index (Phi) is 9.73. The quantitative estimate of drug-likeness (QED) is 0.240. The zero-order chi connectivity index (χ0) is 32.9. The van der Waals surface area contributed by atoms with Crippen LogP contribution in [0.2, 0.25) is 0 Å². The second kappa shape index (κ2) is 14.3. The number of benzene rings is 2. The molecule has 0 saturated carbocycles. The van der Waals surface area contributed by atoms with Gasteiger partial charge < -0.3 is 25.3 Å². The third-order valence-corrected chi connectivity index (χ3v) is 9.68. The van der Waals surface area contributed by atoms with E-state index in [9.17, 15) is 19.2 Å². The Morgan fingerprint density at radius 3 is 2.40 bits per heavy atom. The molecule has 0 aliphatic carbocycles. The lowest BCUT2D eigenvalue weighted by molar-refractivity contribution is -0.122. The maximum atomic E-state index is 13.7. The molecular weight excluding hydrogens is 637 g/mol. The average Bonchev–Trinajstić information content (AvgIpc) is 3.84. The van der Waals surface area contributed by atoms with Gasteiger partial charge in [-0.3, -0.25) is 19.2 Å². The lowest BCUT2D eigenvalue weighted by Crippen LogP contribution is -2.43. The lowest BCUT2D eigenvalue weighted by atomic mass is 10.0. The van der Waals surface area contributed by atoms with Gasteiger partial charge in [-0.15, -0.1) is 22.7 Å². The molecule has 2 atom stereocenters. The molecule has 0 fully saturated rings. The van der Waals surface area contributed by atoms with Crippen LogP contribution in [-0.2, 0) is 11.2 Å². The molecule has 0 unspecified atom stereocenters. The number of amides is 4. The van der Waals surface area contributed by atoms with Crippen molar-refractivity contribution in [1.29, 1.82) is 0 Å². The Labute approximate surface area is 279 Å². The molecule has 47 heavy (non-hydrogen) atoms. The zero-order valence-corrected chi connectivity index (χ0v) is 27.5. The van der Waals surface area contributed by atoms with Gasteiger partial charge in [0.2, 0.25) is 5.91 Å². The minimum absolute atomic E-state index is 0.00591. The number of fused-ring (bicyclic) bond motifs is 5. The Hall–Kier alpha value is -4.88. The van der Waals surface area contributed by atoms with Crippen molar-refractivity contribution < 1.29 is 23.6 Å². The molecule has 4 amide bonds. The molecule has 0 saturated heterocycles. The first-order chi connectivity index (χ1) is 22.7. The van der Waals surface area contributed by atoms with Crippen LogP contribution in [0.4, 0.5) is 0 Å². The zero-order valence-electron chi connectivity index (χ0n) is 25.9. The molecule has 3 N–H and O–H groups in total. The summed E-state index contributed by atoms with van der Waals surface area (Å²) in [6, 6.07) is 17.7. The van der Waals surface area contributed by atoms with E-state index in [1.165, 1.54) is 27.6 Å². The van der Waals surface area contributed by atoms with Crippen LogP contribution < -0.4 is 16.0 Å². The van der Waals surface area contributed by atoms with Crippen LogP contribution in [0.1, 0.15) is 79.5 Å². The van der Waals surface area contributed by atoms with E-state index in [1.807, 2.05) is 62.4 Å². The van der Waals surface area contributed by atoms with E-state index in [0.717, 1.165) is 10.9 Å². The number of carbonyl (C=O) groups is 4. The summed E-state index contributed by atoms with van der Waals surface area (Å²) < 4.78 is 5.84. The van der Waals surface area contributed by atoms with Gasteiger partial charge in [-0.25, -0.2) is 9.97 Å². The molecule has 6 rings (SSSR count). The molecular formula is C34H34N6O5S2. The fraction of sp³-hybridized carbons (Fsp3) is 0.294. The van der Waals surface area contributed by atoms with Crippen molar-refractivity contribution in [2.24, 2.45) is 5.92 Å². The predicted octanol–water partition coefficient (Wildman–Crippen LogP) is 5.15. The highest BCUT2D eigenvalue weighted by Gasteiger charge is 2.28. The maximum absolute atomic E-state index is 13.7. The summed E-state index contributed by atoms with van der Waals surface area (Å²) in [5.41, 5.74) is 2.01. The molecule has 11 nitrogen and oxygen atoms in total. The number of hydrogen-bond acceptors (Lipinski definition) is 9. The summed E-state index contributed by atoms with van der Waals surface area (Å²) in [6.07, 6.45) is 0.817. The standard InChI is InChI=1S/C34H34N6O5S2/c1-20(2)29-33-38-24(18-47-33)30(42)35-13-8-14-40(34(44)27-16-22-11-6-7-12-26(22)45-27)17-28(41)36-23(15-21-9-4-3-5-10-21)32-37-25(19-46-32)31(43)39-29/h3-7,9-12,16,18-20,23,29H,8,13-15,17H2,1-2H3,(H,35,42)(H,36,41)(H,39,43)/t23-,29-/m0/s1. The van der Waals surface area contributed by atoms with Gasteiger partial charge in [-0.2, -0.15) is 0 Å². The number of aromatic nitrogens is 2. The normalized spacial score (nSPS) is 18.2. The van der Waals surface area contributed by atoms with Gasteiger partial charge >= 0.3 is 0 Å². The topological polar surface area (TPSA) is 147 Å². The van der Waals surface area contributed by atoms with Crippen LogP contribution in [0.5, 0.6) is 0 Å². The van der Waals surface area contributed by atoms with Gasteiger partial charge in [0.25, 0.3) is 17.7 Å². The smallest absolute Gasteiger partial charge is 0.290 e. The van der Waals surface area contributed by atoms with Crippen molar-refractivity contribution in [2.45, 2.75) is 38.8 Å². The van der Waals surface area contributed by atoms with Crippen molar-refractivity contribution >= 4 is 57.3 Å². The van der Waals surface area contributed by atoms with Gasteiger partial charge in [0.05, 0.1) is 18.6 Å². The number of nitrogens with zero attached hydrogens (tertiary/aromatic N) is 3. The van der Waals surface area contributed by atoms with Crippen LogP contribution in [0.15, 0.2) is 75.8 Å². The molecule has 0 radical (unpaired) electrons. The van der Waals surface area contributed by atoms with Gasteiger partial charge in [0.15, 0.2) is 5.76 Å². The molecule has 4 bridgehead atoms. The molecule has 2 aromatic carbocycles. The Morgan fingerprint density at radius 2 is 1.64 bits per heavy atom. The SMILES string of the molecule is CC(C)[C@@H]1NC(=O)c2csc(n2)[C@H](Cc2ccccc2)NC(=O)CN(C(=O)c2cc3ccccc3o2)CCCNC(=O)c2csc1n2. The largest absolute Gasteiger partial charge is 0.451 e. The first-order valence-electron chi connectivity index (χ1n) is 15.4. The van der Waals surface area contributed by atoms with Crippen LogP contribution >= 0.6 is 22.7 Å². The van der Waals surface area contributed by atoms with E-state index in [1.54, 1.807) is 22.9 Å². The van der Waals surface area contributed by atoms with Crippen LogP contribution in [0.3, 0.4) is 0 Å². The summed E-state index contributed by atoms with van der Waals surface area (Å²) in [7, 11) is 0. The van der Waals surface area contributed by atoms with Crippen LogP contribution in [-0.4, -0.2) is 58.1 Å². The maximum Gasteiger partial charge on any atom is 0.290 e. The minimum Gasteiger partial charge on any atom is -0.451 e. The minimum atomic E-state index is -0.552. The molecule has 0 spiro atoms. The van der Waals surface area contributed by atoms with Crippen molar-refractivity contribution in [3.05, 3.63) is 104 Å². The number of para-hydroxylation sites is 1. The molecule has 242 valence electrons. The van der Waals surface area contributed by atoms with Crippen molar-refractivity contribution in [3.8, 4) is 0 Å². The monoisotopic (exact) mass is 670 g/mol. The Balaban J connectivity index is 1.32. The third-order valence-electron chi connectivity index (χ3n) is 7.79. The lowest BCUT2D eigenvalue weighted by Gasteiger charge is -2.23. The summed E-state index contributed by atoms with van der Waals surface area (Å²) in [5.74, 6) is -1.46. The van der Waals surface area contributed by atoms with E-state index >= 15 is 0 Å². The van der Waals surface area contributed by atoms with E-state index in [-0.39, 0.29) is 54.5 Å². The second-order valence-electron chi connectivity index (χ2n) is 11.6. The summed E-state index contributed by atoms with van der Waals surface area (Å²) in [4.78, 5) is 64.3. The van der Waals surface area contributed by atoms with Crippen molar-refractivity contribution in [2.75, 3.05) is 19.6 Å². The first kappa shape index (κ1) is 32.1. The molecule has 13 heteroatoms. The van der Waals surface area contributed by atoms with Gasteiger partial charge in [0.1, 0.15) is 27.0 Å². The number of nitrogens with one attached hydrogen (secondary N) is 3. The molecule has 3 aromatic heterocycles. The van der Waals surface area contributed by atoms with Crippen molar-refractivity contribution in [3.63, 3.8) is 0 Å². The number of carbonyl (C=O) groups excluding carboxylic acids is 4. The van der Waals surface area contributed by atoms with Crippen molar-refractivity contribution in [1.82, 2.24) is 30.8 Å². The van der Waals surface area contributed by atoms with E-state index in [2.05, 4.69) is 25.9 Å². The molecule has 1 aliphatic heterocycles. The van der Waals surface area contributed by atoms with Gasteiger partial charge in [-0.1, -0.05) is 62.4 Å². The fourth-order valence-corrected chi connectivity index (χ4v) is 7.21. The summed E-state index contributed by atoms with van der Waals surface area (Å²) in [5, 5.41) is 14.2. The third kappa shape index (κ3) is 7.58. The number of hydrogen-bond donors (Lipinski definition) is 3. The Bertz CT molecular complexity index is 1870. The van der Waals surface area contributed by atoms with E-state index in [4.69, 9.17) is 4.42 Å². The molecule has 4 heterocycles. The number of furan rings is 1. The highest BCUT2D eigenvalue weighted by molar-refractivity contribution is 7.10. The van der Waals surface area contributed by atoms with Gasteiger partial charge in [0, 0.05) is 29.2 Å². The summed E-state index contributed by atoms with van der Waals surface area (Å²) in [6.45, 7) is 4.12. The molecule has 5 aromatic rings. The summed E-state index contributed by atoms with van der Waals surface area (Å²) >= 11 is 2.59. The van der Waals surface area contributed by atoms with Gasteiger partial charge in [-0.05, 0) is 36.5 Å². The van der Waals surface area contributed by atoms with Crippen LogP contribution in [0, 0.1) is 5.92 Å². The fourth-order valence-electron chi connectivity index (χ4n) is 5.34. The number of rotatable bonds is 4. The first-order valence-corrected chi connectivity index (χ1v) is 17.1. The Morgan fingerprint density at radius 1 is 0.936 bits per heavy atom. The highest BCUT2D eigenvalue weighted by Crippen LogP contribution is 2.27. The molecule has 1 aliphatic rings. The number of thiazole rings is 2. The van der Waals surface area contributed by atoms with E-state index in [0.29, 0.717) is 28.4 Å². The average molecular weight is 671 g/mol.